The van der Waals surface area contributed by atoms with Gasteiger partial charge in [0.2, 0.25) is 0 Å². The first kappa shape index (κ1) is 12.2. The molecular formula is C14H18FNO. The number of aryl methyl sites for hydroxylation is 1. The van der Waals surface area contributed by atoms with Crippen molar-refractivity contribution in [3.05, 3.63) is 35.1 Å². The van der Waals surface area contributed by atoms with Crippen LogP contribution in [0.3, 0.4) is 0 Å². The summed E-state index contributed by atoms with van der Waals surface area (Å²) in [6.07, 6.45) is 2.95. The quantitative estimate of drug-likeness (QED) is 0.748. The number of hydrogen-bond acceptors (Lipinski definition) is 2. The first-order chi connectivity index (χ1) is 8.16. The lowest BCUT2D eigenvalue weighted by Gasteiger charge is -2.13. The van der Waals surface area contributed by atoms with Crippen molar-refractivity contribution in [1.82, 2.24) is 4.90 Å². The van der Waals surface area contributed by atoms with Crippen LogP contribution in [0.4, 0.5) is 4.39 Å². The van der Waals surface area contributed by atoms with Gasteiger partial charge in [0.05, 0.1) is 0 Å². The lowest BCUT2D eigenvalue weighted by molar-refractivity contribution is 0.0968. The fourth-order valence-corrected chi connectivity index (χ4v) is 2.18. The smallest absolute Gasteiger partial charge is 0.164 e. The van der Waals surface area contributed by atoms with E-state index >= 15 is 0 Å². The van der Waals surface area contributed by atoms with Gasteiger partial charge in [-0.2, -0.15) is 0 Å². The van der Waals surface area contributed by atoms with Gasteiger partial charge >= 0.3 is 0 Å². The molecule has 3 heteroatoms. The first-order valence-electron chi connectivity index (χ1n) is 6.18. The number of ketones is 1. The van der Waals surface area contributed by atoms with Crippen LogP contribution in [-0.4, -0.2) is 30.3 Å². The molecule has 1 aliphatic rings. The lowest BCUT2D eigenvalue weighted by Crippen LogP contribution is -2.22. The van der Waals surface area contributed by atoms with Crippen molar-refractivity contribution in [2.45, 2.75) is 26.2 Å². The fourth-order valence-electron chi connectivity index (χ4n) is 2.18. The monoisotopic (exact) mass is 235 g/mol. The molecule has 1 aliphatic heterocycles. The highest BCUT2D eigenvalue weighted by Crippen LogP contribution is 2.13. The van der Waals surface area contributed by atoms with E-state index < -0.39 is 0 Å². The van der Waals surface area contributed by atoms with E-state index in [1.54, 1.807) is 19.1 Å². The van der Waals surface area contributed by atoms with E-state index in [1.165, 1.54) is 18.9 Å². The molecule has 0 N–H and O–H groups in total. The van der Waals surface area contributed by atoms with Gasteiger partial charge in [0, 0.05) is 18.5 Å². The summed E-state index contributed by atoms with van der Waals surface area (Å²) in [5.41, 5.74) is 1.08. The van der Waals surface area contributed by atoms with Crippen LogP contribution in [0.2, 0.25) is 0 Å². The Morgan fingerprint density at radius 2 is 2.06 bits per heavy atom. The van der Waals surface area contributed by atoms with Crippen molar-refractivity contribution in [1.29, 1.82) is 0 Å². The average molecular weight is 235 g/mol. The second kappa shape index (κ2) is 5.41. The molecule has 1 saturated heterocycles. The van der Waals surface area contributed by atoms with Crippen LogP contribution < -0.4 is 0 Å². The van der Waals surface area contributed by atoms with Gasteiger partial charge < -0.3 is 4.90 Å². The predicted molar refractivity (Wildman–Crippen MR) is 65.8 cm³/mol. The first-order valence-corrected chi connectivity index (χ1v) is 6.18. The van der Waals surface area contributed by atoms with Gasteiger partial charge in [-0.25, -0.2) is 4.39 Å². The standard InChI is InChI=1S/C14H18FNO/c1-11-4-5-12(10-13(11)15)14(17)6-9-16-7-2-3-8-16/h4-5,10H,2-3,6-9H2,1H3. The second-order valence-electron chi connectivity index (χ2n) is 4.69. The number of likely N-dealkylation sites (tertiary alicyclic amines) is 1. The maximum absolute atomic E-state index is 13.3. The van der Waals surface area contributed by atoms with Crippen LogP contribution in [0.15, 0.2) is 18.2 Å². The van der Waals surface area contributed by atoms with Crippen molar-refractivity contribution >= 4 is 5.78 Å². The van der Waals surface area contributed by atoms with Gasteiger partial charge in [-0.05, 0) is 44.5 Å². The Labute approximate surface area is 101 Å². The Balaban J connectivity index is 1.92. The van der Waals surface area contributed by atoms with Crippen LogP contribution in [0, 0.1) is 12.7 Å². The molecule has 1 heterocycles. The number of benzene rings is 1. The van der Waals surface area contributed by atoms with Crippen LogP contribution in [-0.2, 0) is 0 Å². The van der Waals surface area contributed by atoms with Crippen molar-refractivity contribution in [3.63, 3.8) is 0 Å². The Hall–Kier alpha value is -1.22. The van der Waals surface area contributed by atoms with E-state index in [0.717, 1.165) is 19.6 Å². The zero-order valence-corrected chi connectivity index (χ0v) is 10.2. The highest BCUT2D eigenvalue weighted by molar-refractivity contribution is 5.96. The minimum absolute atomic E-state index is 0.0378. The van der Waals surface area contributed by atoms with Crippen LogP contribution in [0.25, 0.3) is 0 Å². The molecule has 1 aromatic rings. The molecule has 92 valence electrons. The lowest BCUT2D eigenvalue weighted by atomic mass is 10.1. The van der Waals surface area contributed by atoms with E-state index in [-0.39, 0.29) is 11.6 Å². The van der Waals surface area contributed by atoms with Gasteiger partial charge in [0.25, 0.3) is 0 Å². The summed E-state index contributed by atoms with van der Waals surface area (Å²) < 4.78 is 13.3. The number of carbonyl (C=O) groups is 1. The fraction of sp³-hybridized carbons (Fsp3) is 0.500. The average Bonchev–Trinajstić information content (AvgIpc) is 2.82. The van der Waals surface area contributed by atoms with Gasteiger partial charge in [0.15, 0.2) is 5.78 Å². The number of carbonyl (C=O) groups excluding carboxylic acids is 1. The normalized spacial score (nSPS) is 16.4. The zero-order valence-electron chi connectivity index (χ0n) is 10.2. The molecule has 1 fully saturated rings. The molecule has 0 unspecified atom stereocenters. The minimum atomic E-state index is -0.294. The van der Waals surface area contributed by atoms with Gasteiger partial charge in [-0.15, -0.1) is 0 Å². The summed E-state index contributed by atoms with van der Waals surface area (Å²) >= 11 is 0. The number of halogens is 1. The summed E-state index contributed by atoms with van der Waals surface area (Å²) in [6.45, 7) is 4.69. The molecule has 2 nitrogen and oxygen atoms in total. The summed E-state index contributed by atoms with van der Waals surface area (Å²) in [7, 11) is 0. The van der Waals surface area contributed by atoms with Crippen LogP contribution in [0.5, 0.6) is 0 Å². The SMILES string of the molecule is Cc1ccc(C(=O)CCN2CCCC2)cc1F. The largest absolute Gasteiger partial charge is 0.303 e. The molecule has 0 spiro atoms. The Morgan fingerprint density at radius 1 is 1.35 bits per heavy atom. The van der Waals surface area contributed by atoms with Gasteiger partial charge in [-0.3, -0.25) is 4.79 Å². The molecule has 1 aromatic carbocycles. The third-order valence-corrected chi connectivity index (χ3v) is 3.35. The van der Waals surface area contributed by atoms with Crippen molar-refractivity contribution in [2.75, 3.05) is 19.6 Å². The molecule has 0 amide bonds. The van der Waals surface area contributed by atoms with E-state index in [9.17, 15) is 9.18 Å². The number of Topliss-reactive ketones (excluding diaryl/α,β-unsaturated/α-hetero) is 1. The Kier molecular flexibility index (Phi) is 3.89. The highest BCUT2D eigenvalue weighted by atomic mass is 19.1. The second-order valence-corrected chi connectivity index (χ2v) is 4.69. The molecule has 0 saturated carbocycles. The zero-order chi connectivity index (χ0) is 12.3. The van der Waals surface area contributed by atoms with E-state index in [2.05, 4.69) is 4.90 Å². The minimum Gasteiger partial charge on any atom is -0.303 e. The molecular weight excluding hydrogens is 217 g/mol. The van der Waals surface area contributed by atoms with Crippen LogP contribution in [0.1, 0.15) is 35.2 Å². The van der Waals surface area contributed by atoms with E-state index in [0.29, 0.717) is 17.5 Å². The highest BCUT2D eigenvalue weighted by Gasteiger charge is 2.14. The van der Waals surface area contributed by atoms with Gasteiger partial charge in [-0.1, -0.05) is 12.1 Å². The molecule has 0 bridgehead atoms. The van der Waals surface area contributed by atoms with Crippen molar-refractivity contribution < 1.29 is 9.18 Å². The maximum atomic E-state index is 13.3. The van der Waals surface area contributed by atoms with Crippen molar-refractivity contribution in [3.8, 4) is 0 Å². The number of hydrogen-bond donors (Lipinski definition) is 0. The van der Waals surface area contributed by atoms with E-state index in [4.69, 9.17) is 0 Å². The molecule has 0 radical (unpaired) electrons. The summed E-state index contributed by atoms with van der Waals surface area (Å²) in [5, 5.41) is 0. The third kappa shape index (κ3) is 3.13. The summed E-state index contributed by atoms with van der Waals surface area (Å²) in [5.74, 6) is -0.257. The number of nitrogens with zero attached hydrogens (tertiary/aromatic N) is 1. The Bertz CT molecular complexity index is 411. The van der Waals surface area contributed by atoms with E-state index in [1.807, 2.05) is 0 Å². The maximum Gasteiger partial charge on any atom is 0.164 e. The molecule has 17 heavy (non-hydrogen) atoms. The molecule has 0 atom stereocenters. The summed E-state index contributed by atoms with van der Waals surface area (Å²) in [6, 6.07) is 4.73. The third-order valence-electron chi connectivity index (χ3n) is 3.35. The number of rotatable bonds is 4. The van der Waals surface area contributed by atoms with Crippen LogP contribution >= 0.6 is 0 Å². The molecule has 2 rings (SSSR count). The topological polar surface area (TPSA) is 20.3 Å². The Morgan fingerprint density at radius 3 is 2.71 bits per heavy atom. The molecule has 0 aliphatic carbocycles. The van der Waals surface area contributed by atoms with Gasteiger partial charge in [0.1, 0.15) is 5.82 Å². The predicted octanol–water partition coefficient (Wildman–Crippen LogP) is 2.80. The molecule has 0 aromatic heterocycles. The summed E-state index contributed by atoms with van der Waals surface area (Å²) in [4.78, 5) is 14.2. The van der Waals surface area contributed by atoms with Crippen molar-refractivity contribution in [2.24, 2.45) is 0 Å².